The zero-order valence-electron chi connectivity index (χ0n) is 9.85. The van der Waals surface area contributed by atoms with Crippen molar-refractivity contribution >= 4 is 5.91 Å². The van der Waals surface area contributed by atoms with Gasteiger partial charge in [-0.1, -0.05) is 11.6 Å². The first-order valence-corrected chi connectivity index (χ1v) is 5.91. The second-order valence-corrected chi connectivity index (χ2v) is 4.53. The number of nitrogens with zero attached hydrogens (tertiary/aromatic N) is 2. The highest BCUT2D eigenvalue weighted by Gasteiger charge is 2.21. The summed E-state index contributed by atoms with van der Waals surface area (Å²) < 4.78 is 4.73. The van der Waals surface area contributed by atoms with Crippen LogP contribution in [0.4, 0.5) is 0 Å². The molecule has 1 aliphatic rings. The molecule has 1 aromatic rings. The van der Waals surface area contributed by atoms with Crippen molar-refractivity contribution < 1.29 is 14.4 Å². The molecule has 6 nitrogen and oxygen atoms in total. The van der Waals surface area contributed by atoms with Crippen LogP contribution in [-0.4, -0.2) is 33.8 Å². The third kappa shape index (κ3) is 3.26. The summed E-state index contributed by atoms with van der Waals surface area (Å²) in [6.45, 7) is 2.20. The third-order valence-electron chi connectivity index (χ3n) is 3.04. The minimum absolute atomic E-state index is 0.0684. The van der Waals surface area contributed by atoms with Gasteiger partial charge in [0.1, 0.15) is 0 Å². The van der Waals surface area contributed by atoms with Gasteiger partial charge < -0.3 is 14.9 Å². The van der Waals surface area contributed by atoms with Crippen LogP contribution in [0.2, 0.25) is 0 Å². The summed E-state index contributed by atoms with van der Waals surface area (Å²) in [6, 6.07) is 0. The van der Waals surface area contributed by atoms with E-state index in [-0.39, 0.29) is 17.8 Å². The van der Waals surface area contributed by atoms with Crippen molar-refractivity contribution in [2.45, 2.75) is 38.7 Å². The molecular formula is C11H17N3O3. The first kappa shape index (κ1) is 12.0. The highest BCUT2D eigenvalue weighted by Crippen LogP contribution is 2.23. The molecule has 1 aliphatic carbocycles. The molecule has 6 heteroatoms. The Morgan fingerprint density at radius 1 is 1.59 bits per heavy atom. The lowest BCUT2D eigenvalue weighted by molar-refractivity contribution is 0.0864. The zero-order valence-corrected chi connectivity index (χ0v) is 9.85. The minimum Gasteiger partial charge on any atom is -0.393 e. The molecule has 0 aliphatic heterocycles. The van der Waals surface area contributed by atoms with Crippen LogP contribution in [0.1, 0.15) is 42.2 Å². The third-order valence-corrected chi connectivity index (χ3v) is 3.04. The SMILES string of the molecule is Cc1nc(C(=O)NCC2CCCC(O)C2)no1. The predicted octanol–water partition coefficient (Wildman–Crippen LogP) is 0.659. The largest absolute Gasteiger partial charge is 0.393 e. The Hall–Kier alpha value is -1.43. The van der Waals surface area contributed by atoms with Crippen LogP contribution in [0.3, 0.4) is 0 Å². The fourth-order valence-electron chi connectivity index (χ4n) is 2.16. The Labute approximate surface area is 99.4 Å². The molecule has 94 valence electrons. The summed E-state index contributed by atoms with van der Waals surface area (Å²) in [6.07, 6.45) is 3.46. The number of carbonyl (C=O) groups excluding carboxylic acids is 1. The average molecular weight is 239 g/mol. The van der Waals surface area contributed by atoms with Crippen molar-refractivity contribution in [3.8, 4) is 0 Å². The Morgan fingerprint density at radius 2 is 2.41 bits per heavy atom. The Kier molecular flexibility index (Phi) is 3.73. The molecule has 17 heavy (non-hydrogen) atoms. The van der Waals surface area contributed by atoms with E-state index >= 15 is 0 Å². The van der Waals surface area contributed by atoms with Crippen molar-refractivity contribution in [3.05, 3.63) is 11.7 Å². The standard InChI is InChI=1S/C11H17N3O3/c1-7-13-10(14-17-7)11(16)12-6-8-3-2-4-9(15)5-8/h8-9,15H,2-6H2,1H3,(H,12,16). The van der Waals surface area contributed by atoms with Crippen LogP contribution in [0.15, 0.2) is 4.52 Å². The van der Waals surface area contributed by atoms with Gasteiger partial charge in [0, 0.05) is 13.5 Å². The molecule has 0 spiro atoms. The smallest absolute Gasteiger partial charge is 0.292 e. The number of carbonyl (C=O) groups is 1. The summed E-state index contributed by atoms with van der Waals surface area (Å²) >= 11 is 0. The molecule has 1 saturated carbocycles. The van der Waals surface area contributed by atoms with Gasteiger partial charge in [-0.05, 0) is 25.2 Å². The number of aromatic nitrogens is 2. The second kappa shape index (κ2) is 5.27. The highest BCUT2D eigenvalue weighted by atomic mass is 16.5. The van der Waals surface area contributed by atoms with Crippen LogP contribution in [0.5, 0.6) is 0 Å². The van der Waals surface area contributed by atoms with Crippen LogP contribution in [0, 0.1) is 12.8 Å². The van der Waals surface area contributed by atoms with Crippen molar-refractivity contribution in [2.75, 3.05) is 6.54 Å². The highest BCUT2D eigenvalue weighted by molar-refractivity contribution is 5.90. The number of amides is 1. The van der Waals surface area contributed by atoms with E-state index in [1.807, 2.05) is 0 Å². The van der Waals surface area contributed by atoms with E-state index in [0.717, 1.165) is 25.7 Å². The molecule has 0 radical (unpaired) electrons. The molecule has 2 atom stereocenters. The van der Waals surface area contributed by atoms with Crippen molar-refractivity contribution in [1.82, 2.24) is 15.5 Å². The van der Waals surface area contributed by atoms with Gasteiger partial charge in [0.2, 0.25) is 5.89 Å². The summed E-state index contributed by atoms with van der Waals surface area (Å²) in [5.74, 6) is 0.472. The maximum atomic E-state index is 11.6. The summed E-state index contributed by atoms with van der Waals surface area (Å²) in [5.41, 5.74) is 0. The van der Waals surface area contributed by atoms with E-state index in [4.69, 9.17) is 4.52 Å². The van der Waals surface area contributed by atoms with Gasteiger partial charge in [-0.25, -0.2) is 0 Å². The first-order chi connectivity index (χ1) is 8.15. The van der Waals surface area contributed by atoms with E-state index < -0.39 is 0 Å². The molecule has 1 aromatic heterocycles. The van der Waals surface area contributed by atoms with Gasteiger partial charge in [0.25, 0.3) is 11.7 Å². The Balaban J connectivity index is 1.80. The van der Waals surface area contributed by atoms with Crippen LogP contribution < -0.4 is 5.32 Å². The van der Waals surface area contributed by atoms with Gasteiger partial charge in [0.15, 0.2) is 0 Å². The molecule has 2 rings (SSSR count). The number of aliphatic hydroxyl groups is 1. The van der Waals surface area contributed by atoms with Gasteiger partial charge in [-0.15, -0.1) is 0 Å². The zero-order chi connectivity index (χ0) is 12.3. The fourth-order valence-corrected chi connectivity index (χ4v) is 2.16. The first-order valence-electron chi connectivity index (χ1n) is 5.91. The maximum Gasteiger partial charge on any atom is 0.292 e. The summed E-state index contributed by atoms with van der Waals surface area (Å²) in [5, 5.41) is 15.8. The lowest BCUT2D eigenvalue weighted by Gasteiger charge is -2.25. The van der Waals surface area contributed by atoms with Crippen molar-refractivity contribution in [3.63, 3.8) is 0 Å². The van der Waals surface area contributed by atoms with E-state index in [2.05, 4.69) is 15.5 Å². The van der Waals surface area contributed by atoms with Crippen LogP contribution in [-0.2, 0) is 0 Å². The van der Waals surface area contributed by atoms with E-state index in [1.165, 1.54) is 0 Å². The number of hydrogen-bond acceptors (Lipinski definition) is 5. The van der Waals surface area contributed by atoms with E-state index in [1.54, 1.807) is 6.92 Å². The lowest BCUT2D eigenvalue weighted by Crippen LogP contribution is -2.33. The van der Waals surface area contributed by atoms with Gasteiger partial charge in [0.05, 0.1) is 6.10 Å². The van der Waals surface area contributed by atoms with Crippen molar-refractivity contribution in [1.29, 1.82) is 0 Å². The number of hydrogen-bond donors (Lipinski definition) is 2. The number of nitrogens with one attached hydrogen (secondary N) is 1. The predicted molar refractivity (Wildman–Crippen MR) is 59.3 cm³/mol. The average Bonchev–Trinajstić information content (AvgIpc) is 2.73. The van der Waals surface area contributed by atoms with Gasteiger partial charge >= 0.3 is 0 Å². The number of aryl methyl sites for hydroxylation is 1. The molecule has 1 fully saturated rings. The molecule has 2 unspecified atom stereocenters. The summed E-state index contributed by atoms with van der Waals surface area (Å²) in [4.78, 5) is 15.5. The van der Waals surface area contributed by atoms with Crippen LogP contribution in [0.25, 0.3) is 0 Å². The molecule has 0 bridgehead atoms. The monoisotopic (exact) mass is 239 g/mol. The molecule has 0 aromatic carbocycles. The second-order valence-electron chi connectivity index (χ2n) is 4.53. The molecule has 1 heterocycles. The molecule has 1 amide bonds. The Morgan fingerprint density at radius 3 is 3.06 bits per heavy atom. The number of aliphatic hydroxyl groups excluding tert-OH is 1. The van der Waals surface area contributed by atoms with Gasteiger partial charge in [-0.3, -0.25) is 4.79 Å². The summed E-state index contributed by atoms with van der Waals surface area (Å²) in [7, 11) is 0. The minimum atomic E-state index is -0.318. The van der Waals surface area contributed by atoms with E-state index in [9.17, 15) is 9.90 Å². The molecule has 0 saturated heterocycles. The number of rotatable bonds is 3. The maximum absolute atomic E-state index is 11.6. The quantitative estimate of drug-likeness (QED) is 0.808. The molecule has 2 N–H and O–H groups in total. The van der Waals surface area contributed by atoms with Crippen LogP contribution >= 0.6 is 0 Å². The molecular weight excluding hydrogens is 222 g/mol. The van der Waals surface area contributed by atoms with Gasteiger partial charge in [-0.2, -0.15) is 4.98 Å². The van der Waals surface area contributed by atoms with E-state index in [0.29, 0.717) is 18.4 Å². The normalized spacial score (nSPS) is 24.6. The lowest BCUT2D eigenvalue weighted by atomic mass is 9.87. The van der Waals surface area contributed by atoms with Crippen molar-refractivity contribution in [2.24, 2.45) is 5.92 Å². The fraction of sp³-hybridized carbons (Fsp3) is 0.727. The Bertz CT molecular complexity index is 391. The topological polar surface area (TPSA) is 88.2 Å².